The molecule has 14 heavy (non-hydrogen) atoms. The number of carbonyl (C=O) groups is 1. The highest BCUT2D eigenvalue weighted by Crippen LogP contribution is 2.19. The number of benzene rings is 1. The molecule has 2 rings (SSSR count). The van der Waals surface area contributed by atoms with E-state index in [0.717, 1.165) is 16.5 Å². The fourth-order valence-electron chi connectivity index (χ4n) is 1.40. The van der Waals surface area contributed by atoms with Gasteiger partial charge in [-0.3, -0.25) is 4.79 Å². The number of rotatable bonds is 2. The van der Waals surface area contributed by atoms with Crippen molar-refractivity contribution in [1.29, 1.82) is 0 Å². The fourth-order valence-corrected chi connectivity index (χ4v) is 2.51. The first-order valence-corrected chi connectivity index (χ1v) is 5.89. The van der Waals surface area contributed by atoms with Gasteiger partial charge in [0, 0.05) is 11.6 Å². The summed E-state index contributed by atoms with van der Waals surface area (Å²) in [6.45, 7) is 0.673. The molecule has 0 aliphatic carbocycles. The molecule has 1 heterocycles. The first-order valence-electron chi connectivity index (χ1n) is 4.35. The molecule has 0 atom stereocenters. The van der Waals surface area contributed by atoms with Crippen LogP contribution in [0, 0.1) is 0 Å². The Kier molecular flexibility index (Phi) is 2.99. The molecule has 74 valence electrons. The van der Waals surface area contributed by atoms with Crippen LogP contribution in [0.2, 0.25) is 5.02 Å². The molecule has 0 bridgehead atoms. The van der Waals surface area contributed by atoms with Crippen LogP contribution in [-0.2, 0) is 11.3 Å². The van der Waals surface area contributed by atoms with Crippen LogP contribution in [0.4, 0.5) is 0 Å². The van der Waals surface area contributed by atoms with E-state index in [1.54, 1.807) is 11.8 Å². The Bertz CT molecular complexity index is 356. The van der Waals surface area contributed by atoms with Crippen LogP contribution < -0.4 is 0 Å². The van der Waals surface area contributed by atoms with Gasteiger partial charge in [-0.1, -0.05) is 23.7 Å². The lowest BCUT2D eigenvalue weighted by Gasteiger charge is -2.14. The average Bonchev–Trinajstić information content (AvgIpc) is 2.52. The smallest absolute Gasteiger partial charge is 0.233 e. The molecule has 0 N–H and O–H groups in total. The molecule has 1 fully saturated rings. The second-order valence-corrected chi connectivity index (χ2v) is 4.59. The third-order valence-corrected chi connectivity index (χ3v) is 3.27. The zero-order valence-electron chi connectivity index (χ0n) is 7.57. The molecule has 0 spiro atoms. The second-order valence-electron chi connectivity index (χ2n) is 3.20. The van der Waals surface area contributed by atoms with E-state index in [9.17, 15) is 4.79 Å². The van der Waals surface area contributed by atoms with E-state index in [0.29, 0.717) is 12.3 Å². The van der Waals surface area contributed by atoms with E-state index in [1.807, 2.05) is 29.2 Å². The summed E-state index contributed by atoms with van der Waals surface area (Å²) in [7, 11) is 0. The first kappa shape index (κ1) is 9.87. The molecule has 1 amide bonds. The lowest BCUT2D eigenvalue weighted by Crippen LogP contribution is -2.24. The van der Waals surface area contributed by atoms with Gasteiger partial charge in [0.15, 0.2) is 0 Å². The maximum absolute atomic E-state index is 11.3. The molecular formula is C10H10ClNOS. The van der Waals surface area contributed by atoms with Crippen molar-refractivity contribution < 1.29 is 4.79 Å². The van der Waals surface area contributed by atoms with Gasteiger partial charge in [-0.15, -0.1) is 11.8 Å². The highest BCUT2D eigenvalue weighted by Gasteiger charge is 2.20. The van der Waals surface area contributed by atoms with Crippen molar-refractivity contribution in [2.45, 2.75) is 6.54 Å². The monoisotopic (exact) mass is 227 g/mol. The minimum absolute atomic E-state index is 0.218. The molecule has 1 aromatic rings. The van der Waals surface area contributed by atoms with Crippen LogP contribution in [-0.4, -0.2) is 22.4 Å². The van der Waals surface area contributed by atoms with E-state index in [-0.39, 0.29) is 5.91 Å². The molecule has 0 radical (unpaired) electrons. The Hall–Kier alpha value is -0.670. The van der Waals surface area contributed by atoms with Crippen molar-refractivity contribution in [2.24, 2.45) is 0 Å². The van der Waals surface area contributed by atoms with Gasteiger partial charge >= 0.3 is 0 Å². The van der Waals surface area contributed by atoms with E-state index in [4.69, 9.17) is 11.6 Å². The van der Waals surface area contributed by atoms with Crippen molar-refractivity contribution in [1.82, 2.24) is 4.90 Å². The van der Waals surface area contributed by atoms with Crippen LogP contribution >= 0.6 is 23.4 Å². The van der Waals surface area contributed by atoms with Crippen LogP contribution in [0.5, 0.6) is 0 Å². The summed E-state index contributed by atoms with van der Waals surface area (Å²) < 4.78 is 0. The number of carbonyl (C=O) groups excluding carboxylic acids is 1. The van der Waals surface area contributed by atoms with Crippen molar-refractivity contribution in [3.05, 3.63) is 34.9 Å². The van der Waals surface area contributed by atoms with Crippen molar-refractivity contribution >= 4 is 29.3 Å². The Morgan fingerprint density at radius 1 is 1.50 bits per heavy atom. The van der Waals surface area contributed by atoms with Crippen LogP contribution in [0.15, 0.2) is 24.3 Å². The third-order valence-electron chi connectivity index (χ3n) is 2.09. The van der Waals surface area contributed by atoms with Gasteiger partial charge < -0.3 is 4.90 Å². The van der Waals surface area contributed by atoms with Gasteiger partial charge in [-0.05, 0) is 17.7 Å². The molecule has 0 unspecified atom stereocenters. The summed E-state index contributed by atoms with van der Waals surface area (Å²) in [4.78, 5) is 13.2. The lowest BCUT2D eigenvalue weighted by molar-refractivity contribution is -0.127. The van der Waals surface area contributed by atoms with Gasteiger partial charge in [-0.25, -0.2) is 0 Å². The number of hydrogen-bond acceptors (Lipinski definition) is 2. The van der Waals surface area contributed by atoms with Gasteiger partial charge in [0.05, 0.1) is 11.6 Å². The average molecular weight is 228 g/mol. The molecule has 0 aromatic heterocycles. The summed E-state index contributed by atoms with van der Waals surface area (Å²) in [6, 6.07) is 7.64. The van der Waals surface area contributed by atoms with Crippen molar-refractivity contribution in [3.63, 3.8) is 0 Å². The molecule has 1 aliphatic rings. The number of halogens is 1. The topological polar surface area (TPSA) is 20.3 Å². The van der Waals surface area contributed by atoms with E-state index in [2.05, 4.69) is 0 Å². The standard InChI is InChI=1S/C10H10ClNOS/c11-9-3-1-2-8(4-9)5-12-7-14-6-10(12)13/h1-4H,5-7H2. The Morgan fingerprint density at radius 3 is 3.00 bits per heavy atom. The van der Waals surface area contributed by atoms with Crippen LogP contribution in [0.3, 0.4) is 0 Å². The van der Waals surface area contributed by atoms with Gasteiger partial charge in [0.25, 0.3) is 0 Å². The Morgan fingerprint density at radius 2 is 2.36 bits per heavy atom. The molecule has 4 heteroatoms. The summed E-state index contributed by atoms with van der Waals surface area (Å²) in [5.74, 6) is 1.63. The number of amides is 1. The third kappa shape index (κ3) is 2.22. The number of hydrogen-bond donors (Lipinski definition) is 0. The van der Waals surface area contributed by atoms with Gasteiger partial charge in [0.2, 0.25) is 5.91 Å². The van der Waals surface area contributed by atoms with E-state index >= 15 is 0 Å². The zero-order valence-corrected chi connectivity index (χ0v) is 9.14. The van der Waals surface area contributed by atoms with Gasteiger partial charge in [-0.2, -0.15) is 0 Å². The largest absolute Gasteiger partial charge is 0.328 e. The molecule has 1 saturated heterocycles. The summed E-state index contributed by atoms with van der Waals surface area (Å²) in [5, 5.41) is 0.724. The highest BCUT2D eigenvalue weighted by atomic mass is 35.5. The summed E-state index contributed by atoms with van der Waals surface area (Å²) >= 11 is 7.52. The molecule has 1 aromatic carbocycles. The van der Waals surface area contributed by atoms with Crippen molar-refractivity contribution in [3.8, 4) is 0 Å². The highest BCUT2D eigenvalue weighted by molar-refractivity contribution is 8.00. The zero-order chi connectivity index (χ0) is 9.97. The Labute approximate surface area is 92.2 Å². The minimum Gasteiger partial charge on any atom is -0.328 e. The van der Waals surface area contributed by atoms with Crippen LogP contribution in [0.1, 0.15) is 5.56 Å². The Balaban J connectivity index is 2.07. The summed E-state index contributed by atoms with van der Waals surface area (Å²) in [5.41, 5.74) is 1.09. The van der Waals surface area contributed by atoms with E-state index in [1.165, 1.54) is 0 Å². The van der Waals surface area contributed by atoms with Crippen LogP contribution in [0.25, 0.3) is 0 Å². The second kappa shape index (κ2) is 4.24. The predicted octanol–water partition coefficient (Wildman–Crippen LogP) is 2.37. The maximum Gasteiger partial charge on any atom is 0.233 e. The molecular weight excluding hydrogens is 218 g/mol. The van der Waals surface area contributed by atoms with E-state index < -0.39 is 0 Å². The number of nitrogens with zero attached hydrogens (tertiary/aromatic N) is 1. The molecule has 2 nitrogen and oxygen atoms in total. The quantitative estimate of drug-likeness (QED) is 0.773. The normalized spacial score (nSPS) is 16.4. The predicted molar refractivity (Wildman–Crippen MR) is 59.3 cm³/mol. The van der Waals surface area contributed by atoms with Gasteiger partial charge in [0.1, 0.15) is 0 Å². The molecule has 1 aliphatic heterocycles. The summed E-state index contributed by atoms with van der Waals surface area (Å²) in [6.07, 6.45) is 0. The molecule has 0 saturated carbocycles. The SMILES string of the molecule is O=C1CSCN1Cc1cccc(Cl)c1. The van der Waals surface area contributed by atoms with Crippen molar-refractivity contribution in [2.75, 3.05) is 11.6 Å². The lowest BCUT2D eigenvalue weighted by atomic mass is 10.2. The minimum atomic E-state index is 0.218. The fraction of sp³-hybridized carbons (Fsp3) is 0.300. The number of thioether (sulfide) groups is 1. The first-order chi connectivity index (χ1) is 6.75. The maximum atomic E-state index is 11.3.